The highest BCUT2D eigenvalue weighted by Gasteiger charge is 2.04. The lowest BCUT2D eigenvalue weighted by atomic mass is 10.3. The summed E-state index contributed by atoms with van der Waals surface area (Å²) in [5.74, 6) is 1.59. The molecule has 0 fully saturated rings. The number of nitrogens with one attached hydrogen (secondary N) is 1. The minimum atomic E-state index is 0.755. The predicted molar refractivity (Wildman–Crippen MR) is 81.9 cm³/mol. The van der Waals surface area contributed by atoms with Crippen LogP contribution in [0.1, 0.15) is 0 Å². The van der Waals surface area contributed by atoms with Crippen molar-refractivity contribution in [1.29, 1.82) is 0 Å². The fourth-order valence-corrected chi connectivity index (χ4v) is 3.10. The van der Waals surface area contributed by atoms with Crippen molar-refractivity contribution in [2.75, 3.05) is 18.2 Å². The number of thioether (sulfide) groups is 1. The van der Waals surface area contributed by atoms with E-state index in [-0.39, 0.29) is 0 Å². The van der Waals surface area contributed by atoms with Crippen molar-refractivity contribution in [2.45, 2.75) is 4.34 Å². The summed E-state index contributed by atoms with van der Waals surface area (Å²) in [5, 5.41) is 12.1. The smallest absolute Gasteiger partial charge is 0.210 e. The van der Waals surface area contributed by atoms with Crippen LogP contribution in [0.5, 0.6) is 5.75 Å². The zero-order valence-electron chi connectivity index (χ0n) is 10.2. The Bertz CT molecular complexity index is 559. The van der Waals surface area contributed by atoms with Gasteiger partial charge in [0.1, 0.15) is 5.75 Å². The molecular formula is C12H12ClN3OS2. The van der Waals surface area contributed by atoms with Gasteiger partial charge in [-0.25, -0.2) is 0 Å². The average molecular weight is 314 g/mol. The Labute approximate surface area is 124 Å². The third kappa shape index (κ3) is 4.41. The third-order valence-corrected chi connectivity index (χ3v) is 4.22. The van der Waals surface area contributed by atoms with Gasteiger partial charge in [0.25, 0.3) is 0 Å². The summed E-state index contributed by atoms with van der Waals surface area (Å²) in [4.78, 5) is 0. The highest BCUT2D eigenvalue weighted by molar-refractivity contribution is 8.01. The number of halogens is 1. The molecule has 0 amide bonds. The minimum Gasteiger partial charge on any atom is -0.497 e. The van der Waals surface area contributed by atoms with Crippen molar-refractivity contribution in [3.63, 3.8) is 0 Å². The Morgan fingerprint density at radius 3 is 3.16 bits per heavy atom. The van der Waals surface area contributed by atoms with E-state index in [2.05, 4.69) is 15.5 Å². The van der Waals surface area contributed by atoms with E-state index in [1.807, 2.05) is 30.3 Å². The van der Waals surface area contributed by atoms with Gasteiger partial charge in [-0.1, -0.05) is 46.8 Å². The molecule has 0 aliphatic heterocycles. The van der Waals surface area contributed by atoms with Gasteiger partial charge in [-0.3, -0.25) is 0 Å². The summed E-state index contributed by atoms with van der Waals surface area (Å²) in [6, 6.07) is 7.67. The number of aromatic nitrogens is 2. The topological polar surface area (TPSA) is 47.0 Å². The molecule has 0 unspecified atom stereocenters. The Morgan fingerprint density at radius 2 is 2.37 bits per heavy atom. The maximum atomic E-state index is 5.46. The molecule has 100 valence electrons. The second kappa shape index (κ2) is 7.37. The molecule has 19 heavy (non-hydrogen) atoms. The van der Waals surface area contributed by atoms with Gasteiger partial charge in [-0.05, 0) is 12.1 Å². The van der Waals surface area contributed by atoms with Crippen molar-refractivity contribution in [3.05, 3.63) is 35.9 Å². The third-order valence-electron chi connectivity index (χ3n) is 2.12. The molecule has 0 spiro atoms. The Hall–Kier alpha value is -1.24. The van der Waals surface area contributed by atoms with Crippen LogP contribution >= 0.6 is 34.7 Å². The van der Waals surface area contributed by atoms with E-state index < -0.39 is 0 Å². The summed E-state index contributed by atoms with van der Waals surface area (Å²) in [5.41, 5.74) is 2.43. The first-order valence-electron chi connectivity index (χ1n) is 5.44. The van der Waals surface area contributed by atoms with Gasteiger partial charge in [0.05, 0.1) is 7.11 Å². The molecule has 1 N–H and O–H groups in total. The van der Waals surface area contributed by atoms with Gasteiger partial charge in [0.15, 0.2) is 4.34 Å². The lowest BCUT2D eigenvalue weighted by Crippen LogP contribution is -1.90. The molecular weight excluding hydrogens is 302 g/mol. The Kier molecular flexibility index (Phi) is 5.50. The molecule has 1 aromatic carbocycles. The molecule has 2 aromatic rings. The van der Waals surface area contributed by atoms with Gasteiger partial charge in [-0.15, -0.1) is 10.2 Å². The van der Waals surface area contributed by atoms with Crippen molar-refractivity contribution >= 4 is 45.5 Å². The van der Waals surface area contributed by atoms with E-state index in [0.717, 1.165) is 26.7 Å². The monoisotopic (exact) mass is 313 g/mol. The van der Waals surface area contributed by atoms with Crippen LogP contribution in [0.4, 0.5) is 10.8 Å². The maximum Gasteiger partial charge on any atom is 0.210 e. The summed E-state index contributed by atoms with van der Waals surface area (Å²) in [6.07, 6.45) is 1.86. The van der Waals surface area contributed by atoms with Crippen LogP contribution in [0.2, 0.25) is 0 Å². The van der Waals surface area contributed by atoms with E-state index in [1.54, 1.807) is 18.9 Å². The van der Waals surface area contributed by atoms with Crippen LogP contribution in [0.25, 0.3) is 0 Å². The van der Waals surface area contributed by atoms with Gasteiger partial charge in [0, 0.05) is 23.0 Å². The average Bonchev–Trinajstić information content (AvgIpc) is 2.87. The zero-order valence-corrected chi connectivity index (χ0v) is 12.6. The summed E-state index contributed by atoms with van der Waals surface area (Å²) < 4.78 is 6.07. The Morgan fingerprint density at radius 1 is 1.47 bits per heavy atom. The lowest BCUT2D eigenvalue weighted by Gasteiger charge is -2.04. The SMILES string of the molecule is COc1cccc(Nc2nnc(SC/C=C/Cl)s2)c1. The number of ether oxygens (including phenoxy) is 1. The van der Waals surface area contributed by atoms with Crippen LogP contribution < -0.4 is 10.1 Å². The second-order valence-corrected chi connectivity index (χ2v) is 5.90. The number of hydrogen-bond acceptors (Lipinski definition) is 6. The zero-order chi connectivity index (χ0) is 13.5. The molecule has 1 heterocycles. The molecule has 0 aliphatic rings. The van der Waals surface area contributed by atoms with Crippen LogP contribution in [0.15, 0.2) is 40.2 Å². The van der Waals surface area contributed by atoms with Gasteiger partial charge < -0.3 is 10.1 Å². The molecule has 4 nitrogen and oxygen atoms in total. The number of benzene rings is 1. The van der Waals surface area contributed by atoms with E-state index >= 15 is 0 Å². The fourth-order valence-electron chi connectivity index (χ4n) is 1.30. The fraction of sp³-hybridized carbons (Fsp3) is 0.167. The highest BCUT2D eigenvalue weighted by Crippen LogP contribution is 2.28. The van der Waals surface area contributed by atoms with Crippen molar-refractivity contribution in [3.8, 4) is 5.75 Å². The van der Waals surface area contributed by atoms with Gasteiger partial charge >= 0.3 is 0 Å². The largest absolute Gasteiger partial charge is 0.497 e. The van der Waals surface area contributed by atoms with Crippen LogP contribution in [-0.2, 0) is 0 Å². The number of methoxy groups -OCH3 is 1. The summed E-state index contributed by atoms with van der Waals surface area (Å²) >= 11 is 8.55. The molecule has 7 heteroatoms. The molecule has 2 rings (SSSR count). The summed E-state index contributed by atoms with van der Waals surface area (Å²) in [6.45, 7) is 0. The molecule has 0 atom stereocenters. The van der Waals surface area contributed by atoms with Crippen LogP contribution in [0, 0.1) is 0 Å². The number of hydrogen-bond donors (Lipinski definition) is 1. The first-order chi connectivity index (χ1) is 9.31. The van der Waals surface area contributed by atoms with Gasteiger partial charge in [-0.2, -0.15) is 0 Å². The molecule has 0 saturated heterocycles. The Balaban J connectivity index is 1.98. The second-order valence-electron chi connectivity index (χ2n) is 3.40. The van der Waals surface area contributed by atoms with E-state index in [9.17, 15) is 0 Å². The standard InChI is InChI=1S/C12H12ClN3OS2/c1-17-10-5-2-4-9(8-10)14-11-15-16-12(19-11)18-7-3-6-13/h2-6,8H,7H2,1H3,(H,14,15)/b6-3+. The van der Waals surface area contributed by atoms with E-state index in [0.29, 0.717) is 0 Å². The van der Waals surface area contributed by atoms with Gasteiger partial charge in [0.2, 0.25) is 5.13 Å². The quantitative estimate of drug-likeness (QED) is 0.812. The number of anilines is 2. The lowest BCUT2D eigenvalue weighted by molar-refractivity contribution is 0.415. The highest BCUT2D eigenvalue weighted by atomic mass is 35.5. The first-order valence-corrected chi connectivity index (χ1v) is 7.68. The first kappa shape index (κ1) is 14.2. The van der Waals surface area contributed by atoms with Crippen molar-refractivity contribution < 1.29 is 4.74 Å². The molecule has 0 saturated carbocycles. The van der Waals surface area contributed by atoms with E-state index in [1.165, 1.54) is 16.9 Å². The maximum absolute atomic E-state index is 5.46. The van der Waals surface area contributed by atoms with Crippen LogP contribution in [0.3, 0.4) is 0 Å². The molecule has 0 radical (unpaired) electrons. The molecule has 0 bridgehead atoms. The normalized spacial score (nSPS) is 10.8. The van der Waals surface area contributed by atoms with Crippen LogP contribution in [-0.4, -0.2) is 23.1 Å². The van der Waals surface area contributed by atoms with E-state index in [4.69, 9.17) is 16.3 Å². The molecule has 0 aliphatic carbocycles. The number of nitrogens with zero attached hydrogens (tertiary/aromatic N) is 2. The molecule has 1 aromatic heterocycles. The van der Waals surface area contributed by atoms with Crippen molar-refractivity contribution in [1.82, 2.24) is 10.2 Å². The number of rotatable bonds is 6. The summed E-state index contributed by atoms with van der Waals surface area (Å²) in [7, 11) is 1.64. The predicted octanol–water partition coefficient (Wildman–Crippen LogP) is 4.13. The minimum absolute atomic E-state index is 0.755. The van der Waals surface area contributed by atoms with Crippen molar-refractivity contribution in [2.24, 2.45) is 0 Å².